The number of carbonyl (C=O) groups excluding carboxylic acids is 2. The van der Waals surface area contributed by atoms with E-state index in [0.717, 1.165) is 83.5 Å². The van der Waals surface area contributed by atoms with Gasteiger partial charge in [0.1, 0.15) is 6.61 Å². The first-order valence-electron chi connectivity index (χ1n) is 18.5. The van der Waals surface area contributed by atoms with Crippen molar-refractivity contribution >= 4 is 19.8 Å². The topological polar surface area (TPSA) is 134 Å². The summed E-state index contributed by atoms with van der Waals surface area (Å²) in [6, 6.07) is 0. The van der Waals surface area contributed by atoms with E-state index in [0.29, 0.717) is 6.42 Å². The zero-order valence-electron chi connectivity index (χ0n) is 29.8. The number of rotatable bonds is 34. The molecule has 0 aromatic rings. The first-order valence-corrected chi connectivity index (χ1v) is 20.0. The maximum atomic E-state index is 12.5. The maximum absolute atomic E-state index is 12.5. The molecule has 10 heteroatoms. The fraction of sp³-hybridized carbons (Fsp3) is 0.784. The van der Waals surface area contributed by atoms with Gasteiger partial charge >= 0.3 is 19.8 Å². The number of hydrogen-bond donors (Lipinski definition) is 2. The monoisotopic (exact) mass is 685 g/mol. The Balaban J connectivity index is 4.29. The number of phosphoric acid groups is 1. The number of ether oxygens (including phenoxy) is 2. The Kier molecular flexibility index (Phi) is 32.8. The van der Waals surface area contributed by atoms with Crippen molar-refractivity contribution in [2.24, 2.45) is 5.73 Å². The summed E-state index contributed by atoms with van der Waals surface area (Å²) in [7, 11) is -4.37. The van der Waals surface area contributed by atoms with Crippen LogP contribution < -0.4 is 5.73 Å². The lowest BCUT2D eigenvalue weighted by atomic mass is 10.1. The third kappa shape index (κ3) is 33.9. The first-order chi connectivity index (χ1) is 22.8. The Bertz CT molecular complexity index is 876. The van der Waals surface area contributed by atoms with E-state index in [1.54, 1.807) is 0 Å². The van der Waals surface area contributed by atoms with Crippen LogP contribution in [-0.2, 0) is 32.7 Å². The predicted octanol–water partition coefficient (Wildman–Crippen LogP) is 9.82. The molecule has 0 saturated heterocycles. The van der Waals surface area contributed by atoms with Crippen molar-refractivity contribution in [2.75, 3.05) is 26.4 Å². The average molecular weight is 686 g/mol. The minimum atomic E-state index is -4.37. The molecule has 0 saturated carbocycles. The van der Waals surface area contributed by atoms with Crippen molar-refractivity contribution < 1.29 is 37.6 Å². The second kappa shape index (κ2) is 34.1. The normalized spacial score (nSPS) is 13.9. The summed E-state index contributed by atoms with van der Waals surface area (Å²) in [5.74, 6) is -0.859. The van der Waals surface area contributed by atoms with Gasteiger partial charge in [-0.1, -0.05) is 115 Å². The van der Waals surface area contributed by atoms with E-state index in [-0.39, 0.29) is 32.6 Å². The Labute approximate surface area is 286 Å². The third-order valence-electron chi connectivity index (χ3n) is 7.50. The molecule has 47 heavy (non-hydrogen) atoms. The number of nitrogens with two attached hydrogens (primary N) is 1. The highest BCUT2D eigenvalue weighted by atomic mass is 31.2. The van der Waals surface area contributed by atoms with Crippen LogP contribution in [0.2, 0.25) is 0 Å². The van der Waals surface area contributed by atoms with E-state index >= 15 is 0 Å². The van der Waals surface area contributed by atoms with Gasteiger partial charge in [-0.25, -0.2) is 4.57 Å². The number of allylic oxidation sites excluding steroid dienone is 6. The zero-order valence-corrected chi connectivity index (χ0v) is 30.7. The van der Waals surface area contributed by atoms with Gasteiger partial charge in [0, 0.05) is 19.4 Å². The van der Waals surface area contributed by atoms with E-state index in [2.05, 4.69) is 50.3 Å². The fourth-order valence-electron chi connectivity index (χ4n) is 4.70. The van der Waals surface area contributed by atoms with Crippen molar-refractivity contribution in [3.05, 3.63) is 36.5 Å². The van der Waals surface area contributed by atoms with E-state index in [1.807, 2.05) is 0 Å². The largest absolute Gasteiger partial charge is 0.472 e. The molecule has 0 aliphatic carbocycles. The molecule has 0 fully saturated rings. The van der Waals surface area contributed by atoms with Crippen LogP contribution in [0, 0.1) is 0 Å². The van der Waals surface area contributed by atoms with Crippen LogP contribution >= 0.6 is 7.82 Å². The minimum Gasteiger partial charge on any atom is -0.462 e. The highest BCUT2D eigenvalue weighted by Gasteiger charge is 2.25. The van der Waals surface area contributed by atoms with Gasteiger partial charge in [0.05, 0.1) is 13.2 Å². The minimum absolute atomic E-state index is 0.0492. The summed E-state index contributed by atoms with van der Waals surface area (Å²) >= 11 is 0. The first kappa shape index (κ1) is 45.2. The number of carbonyl (C=O) groups is 2. The second-order valence-electron chi connectivity index (χ2n) is 12.1. The Morgan fingerprint density at radius 1 is 0.638 bits per heavy atom. The quantitative estimate of drug-likeness (QED) is 0.0294. The summed E-state index contributed by atoms with van der Waals surface area (Å²) < 4.78 is 32.6. The molecule has 0 aliphatic rings. The molecule has 3 N–H and O–H groups in total. The molecule has 1 unspecified atom stereocenters. The molecular formula is C37H68NO8P. The van der Waals surface area contributed by atoms with Gasteiger partial charge in [0.15, 0.2) is 6.10 Å². The molecule has 0 radical (unpaired) electrons. The highest BCUT2D eigenvalue weighted by Crippen LogP contribution is 2.43. The van der Waals surface area contributed by atoms with Crippen LogP contribution in [0.25, 0.3) is 0 Å². The Morgan fingerprint density at radius 2 is 1.13 bits per heavy atom. The summed E-state index contributed by atoms with van der Waals surface area (Å²) in [5.41, 5.74) is 5.32. The van der Waals surface area contributed by atoms with Crippen molar-refractivity contribution in [2.45, 2.75) is 161 Å². The van der Waals surface area contributed by atoms with Crippen LogP contribution in [0.5, 0.6) is 0 Å². The van der Waals surface area contributed by atoms with E-state index in [1.165, 1.54) is 38.5 Å². The number of unbranched alkanes of at least 4 members (excludes halogenated alkanes) is 15. The van der Waals surface area contributed by atoms with Crippen molar-refractivity contribution in [3.63, 3.8) is 0 Å². The molecular weight excluding hydrogens is 617 g/mol. The maximum Gasteiger partial charge on any atom is 0.472 e. The molecule has 0 amide bonds. The standard InChI is InChI=1S/C37H68NO8P/c1-3-5-7-9-11-13-15-17-18-20-22-24-26-28-30-37(40)46-35(34-45-47(41,42)44-32-31-38)33-43-36(39)29-27-25-23-21-19-16-14-12-10-8-6-4-2/h9,11-12,14-15,17,35H,3-8,10,13,16,18-34,38H2,1-2H3,(H,41,42)/b11-9-,14-12-,17-15-/t35-/m1/s1. The van der Waals surface area contributed by atoms with Crippen LogP contribution in [0.1, 0.15) is 155 Å². The molecule has 9 nitrogen and oxygen atoms in total. The van der Waals surface area contributed by atoms with E-state index in [9.17, 15) is 19.0 Å². The number of phosphoric ester groups is 1. The molecule has 0 aromatic carbocycles. The van der Waals surface area contributed by atoms with Gasteiger partial charge in [0.2, 0.25) is 0 Å². The molecule has 274 valence electrons. The molecule has 0 bridgehead atoms. The van der Waals surface area contributed by atoms with E-state index in [4.69, 9.17) is 24.3 Å². The average Bonchev–Trinajstić information content (AvgIpc) is 3.05. The van der Waals surface area contributed by atoms with E-state index < -0.39 is 32.5 Å². The van der Waals surface area contributed by atoms with Gasteiger partial charge in [-0.15, -0.1) is 0 Å². The lowest BCUT2D eigenvalue weighted by Crippen LogP contribution is -2.29. The van der Waals surface area contributed by atoms with Crippen LogP contribution in [0.15, 0.2) is 36.5 Å². The second-order valence-corrected chi connectivity index (χ2v) is 13.5. The summed E-state index contributed by atoms with van der Waals surface area (Å²) in [6.45, 7) is 3.62. The molecule has 0 heterocycles. The summed E-state index contributed by atoms with van der Waals surface area (Å²) in [4.78, 5) is 34.6. The van der Waals surface area contributed by atoms with Gasteiger partial charge in [-0.2, -0.15) is 0 Å². The van der Waals surface area contributed by atoms with Crippen LogP contribution in [0.4, 0.5) is 0 Å². The SMILES string of the molecule is CCCC/C=C\C/C=C\CCCCCCCC(=O)O[C@H](COC(=O)CCCCCCC/C=C\CCCCC)COP(=O)(O)OCCN. The molecule has 0 rings (SSSR count). The van der Waals surface area contributed by atoms with Gasteiger partial charge in [-0.05, 0) is 64.2 Å². The molecule has 2 atom stereocenters. The molecule has 0 spiro atoms. The van der Waals surface area contributed by atoms with Crippen molar-refractivity contribution in [3.8, 4) is 0 Å². The molecule has 0 aliphatic heterocycles. The van der Waals surface area contributed by atoms with Gasteiger partial charge < -0.3 is 20.1 Å². The summed E-state index contributed by atoms with van der Waals surface area (Å²) in [5, 5.41) is 0. The summed E-state index contributed by atoms with van der Waals surface area (Å²) in [6.07, 6.45) is 34.6. The fourth-order valence-corrected chi connectivity index (χ4v) is 5.47. The lowest BCUT2D eigenvalue weighted by molar-refractivity contribution is -0.161. The Hall–Kier alpha value is -1.77. The number of esters is 2. The van der Waals surface area contributed by atoms with Crippen LogP contribution in [-0.4, -0.2) is 49.3 Å². The highest BCUT2D eigenvalue weighted by molar-refractivity contribution is 7.47. The molecule has 0 aromatic heterocycles. The van der Waals surface area contributed by atoms with Gasteiger partial charge in [-0.3, -0.25) is 18.6 Å². The van der Waals surface area contributed by atoms with Crippen molar-refractivity contribution in [1.29, 1.82) is 0 Å². The van der Waals surface area contributed by atoms with Crippen LogP contribution in [0.3, 0.4) is 0 Å². The number of hydrogen-bond acceptors (Lipinski definition) is 8. The smallest absolute Gasteiger partial charge is 0.462 e. The third-order valence-corrected chi connectivity index (χ3v) is 8.48. The van der Waals surface area contributed by atoms with Crippen molar-refractivity contribution in [1.82, 2.24) is 0 Å². The predicted molar refractivity (Wildman–Crippen MR) is 192 cm³/mol. The zero-order chi connectivity index (χ0) is 34.7. The Morgan fingerprint density at radius 3 is 1.70 bits per heavy atom. The van der Waals surface area contributed by atoms with Gasteiger partial charge in [0.25, 0.3) is 0 Å². The lowest BCUT2D eigenvalue weighted by Gasteiger charge is -2.19.